The van der Waals surface area contributed by atoms with Crippen LogP contribution in [-0.2, 0) is 10.2 Å². The maximum atomic E-state index is 14.0. The average Bonchev–Trinajstić information content (AvgIpc) is 3.46. The SMILES string of the molecule is Cc1ccccc1C(=O)N1CCC[C@H](C(=O)Nc2cccc(C(C)(C)C)c2)[C@@H]1C1C=CC(NC2CCCC2)=CC1. The number of amides is 2. The number of likely N-dealkylation sites (tertiary alicyclic amines) is 1. The summed E-state index contributed by atoms with van der Waals surface area (Å²) in [5, 5.41) is 6.94. The zero-order valence-electron chi connectivity index (χ0n) is 24.6. The van der Waals surface area contributed by atoms with Crippen LogP contribution in [0.15, 0.2) is 72.5 Å². The molecule has 2 aromatic carbocycles. The van der Waals surface area contributed by atoms with Crippen molar-refractivity contribution in [2.75, 3.05) is 11.9 Å². The van der Waals surface area contributed by atoms with Gasteiger partial charge in [0, 0.05) is 35.5 Å². The first-order valence-corrected chi connectivity index (χ1v) is 15.1. The molecule has 2 aliphatic carbocycles. The third-order valence-corrected chi connectivity index (χ3v) is 8.95. The second kappa shape index (κ2) is 12.0. The van der Waals surface area contributed by atoms with Gasteiger partial charge < -0.3 is 15.5 Å². The average molecular weight is 540 g/mol. The highest BCUT2D eigenvalue weighted by atomic mass is 16.2. The first-order valence-electron chi connectivity index (χ1n) is 15.1. The number of nitrogens with zero attached hydrogens (tertiary/aromatic N) is 1. The third kappa shape index (κ3) is 6.35. The van der Waals surface area contributed by atoms with Crippen LogP contribution >= 0.6 is 0 Å². The monoisotopic (exact) mass is 539 g/mol. The Labute approximate surface area is 240 Å². The topological polar surface area (TPSA) is 61.4 Å². The lowest BCUT2D eigenvalue weighted by atomic mass is 9.77. The minimum Gasteiger partial charge on any atom is -0.383 e. The van der Waals surface area contributed by atoms with Gasteiger partial charge in [-0.1, -0.05) is 76.1 Å². The number of carbonyl (C=O) groups is 2. The van der Waals surface area contributed by atoms with Gasteiger partial charge in [0.1, 0.15) is 0 Å². The minimum atomic E-state index is -0.285. The number of allylic oxidation sites excluding steroid dienone is 2. The van der Waals surface area contributed by atoms with E-state index in [0.717, 1.165) is 36.1 Å². The predicted molar refractivity (Wildman–Crippen MR) is 163 cm³/mol. The first-order chi connectivity index (χ1) is 19.2. The van der Waals surface area contributed by atoms with Gasteiger partial charge in [-0.2, -0.15) is 0 Å². The molecule has 0 radical (unpaired) electrons. The predicted octanol–water partition coefficient (Wildman–Crippen LogP) is 7.14. The van der Waals surface area contributed by atoms with Gasteiger partial charge in [0.15, 0.2) is 0 Å². The molecule has 1 aliphatic heterocycles. The molecule has 1 saturated carbocycles. The maximum Gasteiger partial charge on any atom is 0.254 e. The molecule has 5 rings (SSSR count). The Bertz CT molecular complexity index is 1280. The Morgan fingerprint density at radius 3 is 2.42 bits per heavy atom. The molecular formula is C35H45N3O2. The molecule has 2 amide bonds. The number of carbonyl (C=O) groups excluding carboxylic acids is 2. The van der Waals surface area contributed by atoms with Crippen molar-refractivity contribution in [3.8, 4) is 0 Å². The van der Waals surface area contributed by atoms with Crippen LogP contribution in [0.1, 0.15) is 87.2 Å². The van der Waals surface area contributed by atoms with E-state index in [-0.39, 0.29) is 35.1 Å². The van der Waals surface area contributed by atoms with Crippen molar-refractivity contribution in [1.29, 1.82) is 0 Å². The minimum absolute atomic E-state index is 0.00519. The Morgan fingerprint density at radius 2 is 1.73 bits per heavy atom. The second-order valence-electron chi connectivity index (χ2n) is 12.9. The first kappa shape index (κ1) is 28.2. The van der Waals surface area contributed by atoms with E-state index in [1.165, 1.54) is 36.9 Å². The summed E-state index contributed by atoms with van der Waals surface area (Å²) >= 11 is 0. The van der Waals surface area contributed by atoms with Gasteiger partial charge in [0.2, 0.25) is 5.91 Å². The molecule has 0 spiro atoms. The van der Waals surface area contributed by atoms with Crippen molar-refractivity contribution in [3.05, 3.63) is 89.1 Å². The fraction of sp³-hybridized carbons (Fsp3) is 0.486. The summed E-state index contributed by atoms with van der Waals surface area (Å²) in [6.45, 7) is 9.20. The molecule has 212 valence electrons. The molecule has 2 N–H and O–H groups in total. The number of rotatable bonds is 6. The number of anilines is 1. The zero-order valence-corrected chi connectivity index (χ0v) is 24.6. The summed E-state index contributed by atoms with van der Waals surface area (Å²) < 4.78 is 0. The van der Waals surface area contributed by atoms with Crippen LogP contribution in [0.4, 0.5) is 5.69 Å². The highest BCUT2D eigenvalue weighted by Crippen LogP contribution is 2.36. The van der Waals surface area contributed by atoms with E-state index in [9.17, 15) is 9.59 Å². The number of hydrogen-bond acceptors (Lipinski definition) is 3. The lowest BCUT2D eigenvalue weighted by Crippen LogP contribution is -2.55. The van der Waals surface area contributed by atoms with Crippen molar-refractivity contribution in [2.45, 2.75) is 90.1 Å². The van der Waals surface area contributed by atoms with E-state index in [0.29, 0.717) is 12.6 Å². The summed E-state index contributed by atoms with van der Waals surface area (Å²) in [5.74, 6) is -0.167. The molecular weight excluding hydrogens is 494 g/mol. The molecule has 1 saturated heterocycles. The van der Waals surface area contributed by atoms with Gasteiger partial charge in [-0.3, -0.25) is 9.59 Å². The number of piperidine rings is 1. The van der Waals surface area contributed by atoms with E-state index < -0.39 is 0 Å². The van der Waals surface area contributed by atoms with Crippen molar-refractivity contribution in [3.63, 3.8) is 0 Å². The van der Waals surface area contributed by atoms with Crippen LogP contribution in [-0.4, -0.2) is 35.3 Å². The maximum absolute atomic E-state index is 14.0. The lowest BCUT2D eigenvalue weighted by Gasteiger charge is -2.44. The van der Waals surface area contributed by atoms with Gasteiger partial charge in [0.25, 0.3) is 5.91 Å². The van der Waals surface area contributed by atoms with Crippen LogP contribution in [0.3, 0.4) is 0 Å². The molecule has 1 unspecified atom stereocenters. The normalized spacial score (nSPS) is 23.6. The zero-order chi connectivity index (χ0) is 28.3. The fourth-order valence-electron chi connectivity index (χ4n) is 6.64. The van der Waals surface area contributed by atoms with Crippen LogP contribution in [0.5, 0.6) is 0 Å². The van der Waals surface area contributed by atoms with Crippen molar-refractivity contribution in [2.24, 2.45) is 11.8 Å². The second-order valence-corrected chi connectivity index (χ2v) is 12.9. The largest absolute Gasteiger partial charge is 0.383 e. The van der Waals surface area contributed by atoms with Gasteiger partial charge in [-0.15, -0.1) is 0 Å². The van der Waals surface area contributed by atoms with E-state index >= 15 is 0 Å². The van der Waals surface area contributed by atoms with Gasteiger partial charge in [-0.25, -0.2) is 0 Å². The number of hydrogen-bond donors (Lipinski definition) is 2. The fourth-order valence-corrected chi connectivity index (χ4v) is 6.64. The van der Waals surface area contributed by atoms with Crippen molar-refractivity contribution in [1.82, 2.24) is 10.2 Å². The molecule has 2 aromatic rings. The quantitative estimate of drug-likeness (QED) is 0.410. The third-order valence-electron chi connectivity index (χ3n) is 8.95. The van der Waals surface area contributed by atoms with E-state index in [4.69, 9.17) is 0 Å². The highest BCUT2D eigenvalue weighted by molar-refractivity contribution is 5.98. The Morgan fingerprint density at radius 1 is 0.950 bits per heavy atom. The molecule has 3 atom stereocenters. The molecule has 1 heterocycles. The van der Waals surface area contributed by atoms with Gasteiger partial charge >= 0.3 is 0 Å². The standard InChI is InChI=1S/C35H45N3O2/c1-24-11-5-8-16-30(24)34(40)38-22-10-17-31(33(39)37-29-15-9-12-26(23-29)35(2,3)4)32(38)25-18-20-28(21-19-25)36-27-13-6-7-14-27/h5,8-9,11-12,15-16,18,20-21,23,25,27,31-32,36H,6-7,10,13-14,17,19,22H2,1-4H3,(H,37,39)/t25?,31-,32-/m0/s1. The van der Waals surface area contributed by atoms with Crippen molar-refractivity contribution >= 4 is 17.5 Å². The lowest BCUT2D eigenvalue weighted by molar-refractivity contribution is -0.123. The molecule has 5 nitrogen and oxygen atoms in total. The summed E-state index contributed by atoms with van der Waals surface area (Å²) in [5.41, 5.74) is 4.87. The smallest absolute Gasteiger partial charge is 0.254 e. The summed E-state index contributed by atoms with van der Waals surface area (Å²) in [7, 11) is 0. The Hall–Kier alpha value is -3.34. The van der Waals surface area contributed by atoms with Crippen LogP contribution < -0.4 is 10.6 Å². The van der Waals surface area contributed by atoms with Crippen LogP contribution in [0, 0.1) is 18.8 Å². The molecule has 3 aliphatic rings. The van der Waals surface area contributed by atoms with E-state index in [1.807, 2.05) is 48.2 Å². The Kier molecular flexibility index (Phi) is 8.48. The molecule has 0 aromatic heterocycles. The van der Waals surface area contributed by atoms with Crippen LogP contribution in [0.25, 0.3) is 0 Å². The number of benzene rings is 2. The number of nitrogens with one attached hydrogen (secondary N) is 2. The highest BCUT2D eigenvalue weighted by Gasteiger charge is 2.42. The molecule has 40 heavy (non-hydrogen) atoms. The Balaban J connectivity index is 1.40. The van der Waals surface area contributed by atoms with Crippen molar-refractivity contribution < 1.29 is 9.59 Å². The van der Waals surface area contributed by atoms with Gasteiger partial charge in [0.05, 0.1) is 12.0 Å². The summed E-state index contributed by atoms with van der Waals surface area (Å²) in [6.07, 6.45) is 14.2. The molecule has 2 fully saturated rings. The van der Waals surface area contributed by atoms with Crippen LogP contribution in [0.2, 0.25) is 0 Å². The number of aryl methyl sites for hydroxylation is 1. The summed E-state index contributed by atoms with van der Waals surface area (Å²) in [6, 6.07) is 16.3. The molecule has 5 heteroatoms. The van der Waals surface area contributed by atoms with E-state index in [1.54, 1.807) is 0 Å². The van der Waals surface area contributed by atoms with Gasteiger partial charge in [-0.05, 0) is 79.8 Å². The van der Waals surface area contributed by atoms with E-state index in [2.05, 4.69) is 61.8 Å². The summed E-state index contributed by atoms with van der Waals surface area (Å²) in [4.78, 5) is 29.9. The molecule has 0 bridgehead atoms.